The van der Waals surface area contributed by atoms with Gasteiger partial charge in [-0.2, -0.15) is 0 Å². The molecule has 0 spiro atoms. The van der Waals surface area contributed by atoms with Crippen molar-refractivity contribution in [3.63, 3.8) is 0 Å². The van der Waals surface area contributed by atoms with Crippen molar-refractivity contribution in [2.45, 2.75) is 38.8 Å². The summed E-state index contributed by atoms with van der Waals surface area (Å²) in [5.41, 5.74) is 0. The monoisotopic (exact) mass is 273 g/mol. The fourth-order valence-electron chi connectivity index (χ4n) is 1.66. The van der Waals surface area contributed by atoms with Crippen LogP contribution in [0.15, 0.2) is 15.9 Å². The van der Waals surface area contributed by atoms with E-state index in [0.29, 0.717) is 6.04 Å². The summed E-state index contributed by atoms with van der Waals surface area (Å²) in [7, 11) is 0. The maximum atomic E-state index is 3.57. The SMILES string of the molecule is CC(CC1CC1)NCc1cc(Br)cs1. The molecule has 0 saturated heterocycles. The minimum absolute atomic E-state index is 0.670. The highest BCUT2D eigenvalue weighted by atomic mass is 79.9. The second-order valence-electron chi connectivity index (χ2n) is 4.19. The van der Waals surface area contributed by atoms with Crippen molar-refractivity contribution in [3.05, 3.63) is 20.8 Å². The van der Waals surface area contributed by atoms with Gasteiger partial charge in [0.25, 0.3) is 0 Å². The lowest BCUT2D eigenvalue weighted by Crippen LogP contribution is -2.25. The molecule has 78 valence electrons. The van der Waals surface area contributed by atoms with Gasteiger partial charge in [-0.1, -0.05) is 12.8 Å². The summed E-state index contributed by atoms with van der Waals surface area (Å²) in [4.78, 5) is 1.42. The molecular weight excluding hydrogens is 258 g/mol. The standard InChI is InChI=1S/C11H16BrNS/c1-8(4-9-2-3-9)13-6-11-5-10(12)7-14-11/h5,7-9,13H,2-4,6H2,1H3. The van der Waals surface area contributed by atoms with Crippen LogP contribution in [0.2, 0.25) is 0 Å². The van der Waals surface area contributed by atoms with Gasteiger partial charge in [0.2, 0.25) is 0 Å². The van der Waals surface area contributed by atoms with Crippen LogP contribution in [0.1, 0.15) is 31.1 Å². The van der Waals surface area contributed by atoms with E-state index in [1.165, 1.54) is 28.6 Å². The molecule has 1 heterocycles. The third-order valence-corrected chi connectivity index (χ3v) is 4.33. The molecule has 1 aromatic heterocycles. The third-order valence-electron chi connectivity index (χ3n) is 2.63. The number of halogens is 1. The molecule has 0 aromatic carbocycles. The highest BCUT2D eigenvalue weighted by Gasteiger charge is 2.23. The Hall–Kier alpha value is 0.140. The van der Waals surface area contributed by atoms with Gasteiger partial charge < -0.3 is 5.32 Å². The fourth-order valence-corrected chi connectivity index (χ4v) is 3.06. The molecule has 3 heteroatoms. The Kier molecular flexibility index (Phi) is 3.63. The van der Waals surface area contributed by atoms with Gasteiger partial charge in [0.1, 0.15) is 0 Å². The van der Waals surface area contributed by atoms with E-state index in [4.69, 9.17) is 0 Å². The van der Waals surface area contributed by atoms with Crippen LogP contribution in [0.5, 0.6) is 0 Å². The van der Waals surface area contributed by atoms with Crippen molar-refractivity contribution in [2.24, 2.45) is 5.92 Å². The van der Waals surface area contributed by atoms with E-state index in [2.05, 4.69) is 39.6 Å². The second kappa shape index (κ2) is 4.77. The largest absolute Gasteiger partial charge is 0.309 e. The minimum atomic E-state index is 0.670. The normalized spacial score (nSPS) is 18.4. The van der Waals surface area contributed by atoms with E-state index in [9.17, 15) is 0 Å². The average Bonchev–Trinajstić information content (AvgIpc) is 2.85. The maximum absolute atomic E-state index is 3.57. The predicted molar refractivity (Wildman–Crippen MR) is 65.7 cm³/mol. The van der Waals surface area contributed by atoms with Crippen LogP contribution >= 0.6 is 27.3 Å². The van der Waals surface area contributed by atoms with Crippen LogP contribution in [0.3, 0.4) is 0 Å². The Balaban J connectivity index is 1.70. The summed E-state index contributed by atoms with van der Waals surface area (Å²) in [6, 6.07) is 2.87. The summed E-state index contributed by atoms with van der Waals surface area (Å²) < 4.78 is 1.20. The summed E-state index contributed by atoms with van der Waals surface area (Å²) in [5.74, 6) is 1.02. The molecule has 1 unspecified atom stereocenters. The van der Waals surface area contributed by atoms with E-state index in [-0.39, 0.29) is 0 Å². The summed E-state index contributed by atoms with van der Waals surface area (Å²) in [6.07, 6.45) is 4.26. The first-order valence-electron chi connectivity index (χ1n) is 5.20. The predicted octanol–water partition coefficient (Wildman–Crippen LogP) is 3.79. The number of hydrogen-bond donors (Lipinski definition) is 1. The maximum Gasteiger partial charge on any atom is 0.0302 e. The smallest absolute Gasteiger partial charge is 0.0302 e. The molecule has 1 nitrogen and oxygen atoms in total. The van der Waals surface area contributed by atoms with E-state index >= 15 is 0 Å². The molecule has 0 radical (unpaired) electrons. The lowest BCUT2D eigenvalue weighted by atomic mass is 10.1. The van der Waals surface area contributed by atoms with Crippen LogP contribution in [-0.2, 0) is 6.54 Å². The van der Waals surface area contributed by atoms with Crippen molar-refractivity contribution in [2.75, 3.05) is 0 Å². The molecule has 1 aliphatic rings. The first kappa shape index (κ1) is 10.7. The van der Waals surface area contributed by atoms with E-state index in [0.717, 1.165) is 12.5 Å². The molecule has 1 aliphatic carbocycles. The summed E-state index contributed by atoms with van der Waals surface area (Å²) in [6.45, 7) is 3.31. The minimum Gasteiger partial charge on any atom is -0.309 e. The Bertz CT molecular complexity index is 293. The van der Waals surface area contributed by atoms with Crippen LogP contribution in [0, 0.1) is 5.92 Å². The van der Waals surface area contributed by atoms with Crippen LogP contribution in [0.4, 0.5) is 0 Å². The fraction of sp³-hybridized carbons (Fsp3) is 0.636. The lowest BCUT2D eigenvalue weighted by Gasteiger charge is -2.11. The highest BCUT2D eigenvalue weighted by molar-refractivity contribution is 9.10. The van der Waals surface area contributed by atoms with Crippen LogP contribution < -0.4 is 5.32 Å². The molecule has 0 bridgehead atoms. The van der Waals surface area contributed by atoms with E-state index in [1.807, 2.05) is 11.3 Å². The zero-order valence-electron chi connectivity index (χ0n) is 8.42. The molecule has 1 aromatic rings. The topological polar surface area (TPSA) is 12.0 Å². The molecule has 2 rings (SSSR count). The molecule has 1 N–H and O–H groups in total. The molecule has 14 heavy (non-hydrogen) atoms. The van der Waals surface area contributed by atoms with Crippen LogP contribution in [0.25, 0.3) is 0 Å². The van der Waals surface area contributed by atoms with Crippen molar-refractivity contribution >= 4 is 27.3 Å². The Morgan fingerprint density at radius 2 is 2.43 bits per heavy atom. The van der Waals surface area contributed by atoms with Gasteiger partial charge in [0, 0.05) is 27.3 Å². The number of thiophene rings is 1. The molecule has 1 fully saturated rings. The van der Waals surface area contributed by atoms with Gasteiger partial charge in [-0.3, -0.25) is 0 Å². The summed E-state index contributed by atoms with van der Waals surface area (Å²) >= 11 is 5.29. The summed E-state index contributed by atoms with van der Waals surface area (Å²) in [5, 5.41) is 5.71. The number of nitrogens with one attached hydrogen (secondary N) is 1. The van der Waals surface area contributed by atoms with E-state index in [1.54, 1.807) is 0 Å². The highest BCUT2D eigenvalue weighted by Crippen LogP contribution is 2.33. The number of hydrogen-bond acceptors (Lipinski definition) is 2. The average molecular weight is 274 g/mol. The first-order chi connectivity index (χ1) is 6.74. The van der Waals surface area contributed by atoms with E-state index < -0.39 is 0 Å². The molecule has 0 amide bonds. The Labute approximate surface area is 98.0 Å². The second-order valence-corrected chi connectivity index (χ2v) is 6.10. The zero-order valence-corrected chi connectivity index (χ0v) is 10.8. The van der Waals surface area contributed by atoms with Gasteiger partial charge >= 0.3 is 0 Å². The third kappa shape index (κ3) is 3.37. The van der Waals surface area contributed by atoms with Gasteiger partial charge in [0.15, 0.2) is 0 Å². The van der Waals surface area contributed by atoms with Gasteiger partial charge in [-0.05, 0) is 41.3 Å². The van der Waals surface area contributed by atoms with Gasteiger partial charge in [-0.15, -0.1) is 11.3 Å². The molecule has 1 saturated carbocycles. The van der Waals surface area contributed by atoms with Gasteiger partial charge in [-0.25, -0.2) is 0 Å². The molecular formula is C11H16BrNS. The quantitative estimate of drug-likeness (QED) is 0.861. The first-order valence-corrected chi connectivity index (χ1v) is 6.87. The van der Waals surface area contributed by atoms with Crippen molar-refractivity contribution in [1.29, 1.82) is 0 Å². The van der Waals surface area contributed by atoms with Crippen molar-refractivity contribution < 1.29 is 0 Å². The molecule has 1 atom stereocenters. The number of rotatable bonds is 5. The Morgan fingerprint density at radius 3 is 3.00 bits per heavy atom. The van der Waals surface area contributed by atoms with Crippen molar-refractivity contribution in [3.8, 4) is 0 Å². The molecule has 0 aliphatic heterocycles. The van der Waals surface area contributed by atoms with Crippen LogP contribution in [-0.4, -0.2) is 6.04 Å². The zero-order chi connectivity index (χ0) is 9.97. The lowest BCUT2D eigenvalue weighted by molar-refractivity contribution is 0.490. The van der Waals surface area contributed by atoms with Crippen molar-refractivity contribution in [1.82, 2.24) is 5.32 Å². The Morgan fingerprint density at radius 1 is 1.64 bits per heavy atom. The van der Waals surface area contributed by atoms with Gasteiger partial charge in [0.05, 0.1) is 0 Å².